The molecule has 0 aliphatic heterocycles. The third-order valence-electron chi connectivity index (χ3n) is 3.04. The van der Waals surface area contributed by atoms with Gasteiger partial charge in [-0.1, -0.05) is 27.7 Å². The molecule has 0 aromatic carbocycles. The largest absolute Gasteiger partial charge is 0.316 e. The van der Waals surface area contributed by atoms with Crippen molar-refractivity contribution in [3.05, 3.63) is 20.8 Å². The molecule has 1 unspecified atom stereocenters. The second kappa shape index (κ2) is 7.55. The van der Waals surface area contributed by atoms with E-state index in [2.05, 4.69) is 60.4 Å². The van der Waals surface area contributed by atoms with Crippen LogP contribution in [0.1, 0.15) is 32.6 Å². The van der Waals surface area contributed by atoms with Crippen LogP contribution in [0.25, 0.3) is 0 Å². The van der Waals surface area contributed by atoms with Gasteiger partial charge in [-0.25, -0.2) is 0 Å². The van der Waals surface area contributed by atoms with E-state index in [0.29, 0.717) is 0 Å². The quantitative estimate of drug-likeness (QED) is 0.776. The number of hydrogen-bond donors (Lipinski definition) is 1. The summed E-state index contributed by atoms with van der Waals surface area (Å²) in [6.45, 7) is 11.4. The Labute approximate surface area is 118 Å². The SMILES string of the molecule is CC(C)CNCC(Cc1sccc1Br)C(C)C. The summed E-state index contributed by atoms with van der Waals surface area (Å²) in [5, 5.41) is 5.75. The lowest BCUT2D eigenvalue weighted by molar-refractivity contribution is 0.354. The summed E-state index contributed by atoms with van der Waals surface area (Å²) in [5.41, 5.74) is 0. The molecule has 1 aromatic rings. The molecule has 1 rings (SSSR count). The Hall–Kier alpha value is 0.140. The van der Waals surface area contributed by atoms with Crippen LogP contribution in [0.5, 0.6) is 0 Å². The lowest BCUT2D eigenvalue weighted by Gasteiger charge is -2.21. The smallest absolute Gasteiger partial charge is 0.0314 e. The number of nitrogens with one attached hydrogen (secondary N) is 1. The van der Waals surface area contributed by atoms with E-state index in [1.54, 1.807) is 0 Å². The Balaban J connectivity index is 2.46. The summed E-state index contributed by atoms with van der Waals surface area (Å²) in [6, 6.07) is 2.15. The predicted octanol–water partition coefficient (Wildman–Crippen LogP) is 4.57. The Morgan fingerprint density at radius 1 is 1.24 bits per heavy atom. The third kappa shape index (κ3) is 5.54. The highest BCUT2D eigenvalue weighted by Gasteiger charge is 2.16. The van der Waals surface area contributed by atoms with Gasteiger partial charge in [0.2, 0.25) is 0 Å². The monoisotopic (exact) mass is 317 g/mol. The zero-order valence-electron chi connectivity index (χ0n) is 11.3. The van der Waals surface area contributed by atoms with E-state index in [0.717, 1.165) is 30.8 Å². The summed E-state index contributed by atoms with van der Waals surface area (Å²) < 4.78 is 1.28. The molecule has 3 heteroatoms. The van der Waals surface area contributed by atoms with E-state index in [-0.39, 0.29) is 0 Å². The number of halogens is 1. The lowest BCUT2D eigenvalue weighted by atomic mass is 9.91. The maximum absolute atomic E-state index is 3.63. The van der Waals surface area contributed by atoms with Crippen molar-refractivity contribution in [3.63, 3.8) is 0 Å². The molecule has 0 saturated carbocycles. The zero-order chi connectivity index (χ0) is 12.8. The second-order valence-corrected chi connectivity index (χ2v) is 7.31. The molecule has 1 heterocycles. The van der Waals surface area contributed by atoms with Gasteiger partial charge in [-0.2, -0.15) is 0 Å². The lowest BCUT2D eigenvalue weighted by Crippen LogP contribution is -2.30. The van der Waals surface area contributed by atoms with Gasteiger partial charge in [-0.3, -0.25) is 0 Å². The maximum atomic E-state index is 3.63. The van der Waals surface area contributed by atoms with E-state index in [9.17, 15) is 0 Å². The zero-order valence-corrected chi connectivity index (χ0v) is 13.7. The normalized spacial score (nSPS) is 13.6. The van der Waals surface area contributed by atoms with Crippen molar-refractivity contribution in [2.75, 3.05) is 13.1 Å². The molecule has 1 aromatic heterocycles. The third-order valence-corrected chi connectivity index (χ3v) is 4.99. The van der Waals surface area contributed by atoms with Crippen LogP contribution in [-0.4, -0.2) is 13.1 Å². The van der Waals surface area contributed by atoms with Crippen LogP contribution in [0.15, 0.2) is 15.9 Å². The molecule has 0 aliphatic rings. The fraction of sp³-hybridized carbons (Fsp3) is 0.714. The molecule has 1 N–H and O–H groups in total. The van der Waals surface area contributed by atoms with Gasteiger partial charge in [0.1, 0.15) is 0 Å². The topological polar surface area (TPSA) is 12.0 Å². The van der Waals surface area contributed by atoms with Crippen LogP contribution in [0, 0.1) is 17.8 Å². The van der Waals surface area contributed by atoms with Crippen molar-refractivity contribution in [2.24, 2.45) is 17.8 Å². The minimum atomic E-state index is 0.726. The van der Waals surface area contributed by atoms with Gasteiger partial charge in [-0.15, -0.1) is 11.3 Å². The summed E-state index contributed by atoms with van der Waals surface area (Å²) in [6.07, 6.45) is 1.18. The van der Waals surface area contributed by atoms with Crippen LogP contribution in [0.4, 0.5) is 0 Å². The molecule has 98 valence electrons. The van der Waals surface area contributed by atoms with Gasteiger partial charge in [0.15, 0.2) is 0 Å². The number of hydrogen-bond acceptors (Lipinski definition) is 2. The molecule has 1 nitrogen and oxygen atoms in total. The van der Waals surface area contributed by atoms with Crippen LogP contribution < -0.4 is 5.32 Å². The number of rotatable bonds is 7. The van der Waals surface area contributed by atoms with Crippen molar-refractivity contribution >= 4 is 27.3 Å². The molecular weight excluding hydrogens is 294 g/mol. The molecule has 0 spiro atoms. The Morgan fingerprint density at radius 3 is 2.41 bits per heavy atom. The fourth-order valence-electron chi connectivity index (χ4n) is 1.81. The van der Waals surface area contributed by atoms with Crippen molar-refractivity contribution in [2.45, 2.75) is 34.1 Å². The molecule has 0 amide bonds. The van der Waals surface area contributed by atoms with E-state index in [4.69, 9.17) is 0 Å². The molecule has 0 radical (unpaired) electrons. The average molecular weight is 318 g/mol. The first kappa shape index (κ1) is 15.2. The second-order valence-electron chi connectivity index (χ2n) is 5.45. The molecule has 0 bridgehead atoms. The Morgan fingerprint density at radius 2 is 1.94 bits per heavy atom. The Bertz CT molecular complexity index is 320. The van der Waals surface area contributed by atoms with Crippen LogP contribution in [0.3, 0.4) is 0 Å². The van der Waals surface area contributed by atoms with E-state index in [1.165, 1.54) is 15.8 Å². The maximum Gasteiger partial charge on any atom is 0.0314 e. The number of thiophene rings is 1. The van der Waals surface area contributed by atoms with Gasteiger partial charge >= 0.3 is 0 Å². The van der Waals surface area contributed by atoms with Crippen molar-refractivity contribution in [1.82, 2.24) is 5.32 Å². The van der Waals surface area contributed by atoms with Crippen LogP contribution >= 0.6 is 27.3 Å². The molecular formula is C14H24BrNS. The van der Waals surface area contributed by atoms with E-state index in [1.807, 2.05) is 11.3 Å². The van der Waals surface area contributed by atoms with Crippen molar-refractivity contribution in [1.29, 1.82) is 0 Å². The van der Waals surface area contributed by atoms with Gasteiger partial charge in [0, 0.05) is 9.35 Å². The highest BCUT2D eigenvalue weighted by Crippen LogP contribution is 2.27. The van der Waals surface area contributed by atoms with Crippen molar-refractivity contribution < 1.29 is 0 Å². The van der Waals surface area contributed by atoms with Gasteiger partial charge in [0.05, 0.1) is 0 Å². The fourth-order valence-corrected chi connectivity index (χ4v) is 3.42. The summed E-state index contributed by atoms with van der Waals surface area (Å²) in [4.78, 5) is 1.48. The average Bonchev–Trinajstić information content (AvgIpc) is 2.62. The first-order valence-corrected chi connectivity index (χ1v) is 8.10. The summed E-state index contributed by atoms with van der Waals surface area (Å²) in [5.74, 6) is 2.18. The van der Waals surface area contributed by atoms with Gasteiger partial charge in [-0.05, 0) is 64.6 Å². The van der Waals surface area contributed by atoms with Crippen LogP contribution in [0.2, 0.25) is 0 Å². The standard InChI is InChI=1S/C14H24BrNS/c1-10(2)8-16-9-12(11(3)4)7-14-13(15)5-6-17-14/h5-6,10-12,16H,7-9H2,1-4H3. The molecule has 0 saturated heterocycles. The van der Waals surface area contributed by atoms with Crippen LogP contribution in [-0.2, 0) is 6.42 Å². The minimum absolute atomic E-state index is 0.726. The minimum Gasteiger partial charge on any atom is -0.316 e. The summed E-state index contributed by atoms with van der Waals surface area (Å²) in [7, 11) is 0. The molecule has 1 atom stereocenters. The van der Waals surface area contributed by atoms with E-state index < -0.39 is 0 Å². The van der Waals surface area contributed by atoms with Crippen molar-refractivity contribution in [3.8, 4) is 0 Å². The highest BCUT2D eigenvalue weighted by molar-refractivity contribution is 9.10. The van der Waals surface area contributed by atoms with Gasteiger partial charge in [0.25, 0.3) is 0 Å². The Kier molecular flexibility index (Phi) is 6.75. The molecule has 0 aliphatic carbocycles. The summed E-state index contributed by atoms with van der Waals surface area (Å²) >= 11 is 5.49. The van der Waals surface area contributed by atoms with Gasteiger partial charge < -0.3 is 5.32 Å². The molecule has 0 fully saturated rings. The first-order valence-electron chi connectivity index (χ1n) is 6.43. The first-order chi connectivity index (χ1) is 8.00. The van der Waals surface area contributed by atoms with E-state index >= 15 is 0 Å². The highest BCUT2D eigenvalue weighted by atomic mass is 79.9. The molecule has 17 heavy (non-hydrogen) atoms. The predicted molar refractivity (Wildman–Crippen MR) is 81.8 cm³/mol.